The average Bonchev–Trinajstić information content (AvgIpc) is 3.23. The van der Waals surface area contributed by atoms with E-state index < -0.39 is 150 Å². The second kappa shape index (κ2) is 25.1. The van der Waals surface area contributed by atoms with E-state index in [0.717, 1.165) is 32.9 Å². The second-order valence-corrected chi connectivity index (χ2v) is 16.9. The van der Waals surface area contributed by atoms with Gasteiger partial charge in [-0.05, 0) is 67.7 Å². The normalized spacial score (nSPS) is 29.8. The van der Waals surface area contributed by atoms with E-state index in [2.05, 4.69) is 26.6 Å². The summed E-state index contributed by atoms with van der Waals surface area (Å²) < 4.78 is 0. The maximum absolute atomic E-state index is 14.0. The van der Waals surface area contributed by atoms with Gasteiger partial charge in [0, 0.05) is 28.2 Å². The van der Waals surface area contributed by atoms with E-state index in [9.17, 15) is 63.0 Å². The van der Waals surface area contributed by atoms with E-state index in [4.69, 9.17) is 0 Å². The van der Waals surface area contributed by atoms with Gasteiger partial charge < -0.3 is 56.4 Å². The first kappa shape index (κ1) is 56.5. The zero-order chi connectivity index (χ0) is 49.7. The molecule has 0 aromatic carbocycles. The van der Waals surface area contributed by atoms with Gasteiger partial charge in [0.15, 0.2) is 5.78 Å². The van der Waals surface area contributed by atoms with Crippen LogP contribution in [0.15, 0.2) is 0 Å². The highest BCUT2D eigenvalue weighted by atomic mass is 16.3. The van der Waals surface area contributed by atoms with Crippen molar-refractivity contribution in [2.75, 3.05) is 28.2 Å². The lowest BCUT2D eigenvalue weighted by Crippen LogP contribution is -2.62. The van der Waals surface area contributed by atoms with E-state index in [1.807, 2.05) is 6.92 Å². The largest absolute Gasteiger partial charge is 0.391 e. The van der Waals surface area contributed by atoms with Crippen molar-refractivity contribution in [1.82, 2.24) is 46.2 Å². The van der Waals surface area contributed by atoms with Gasteiger partial charge in [-0.25, -0.2) is 0 Å². The molecule has 1 saturated heterocycles. The fourth-order valence-corrected chi connectivity index (χ4v) is 6.81. The summed E-state index contributed by atoms with van der Waals surface area (Å²) in [6.45, 7) is 14.2. The molecule has 12 atom stereocenters. The Morgan fingerprint density at radius 2 is 0.953 bits per heavy atom. The van der Waals surface area contributed by atoms with Crippen LogP contribution in [-0.4, -0.2) is 189 Å². The maximum Gasteiger partial charge on any atom is 0.246 e. The number of unbranched alkanes of at least 4 members (excludes halogenated alkanes) is 1. The molecule has 362 valence electrons. The van der Waals surface area contributed by atoms with Gasteiger partial charge in [0.25, 0.3) is 0 Å². The SMILES string of the molecule is CCCCC(C)C(O)C1C(=O)NC(C(C)O)C(=O)CC(=O)CC(=O)NC(C)C(=O)N(C)C(C)C(=O)NC(C)C(=O)NC(C)C(=O)N(C)C(C)C(=O)NC(C)C(=O)N(C)C(C)C(=O)N1C. The number of ketones is 2. The molecule has 0 spiro atoms. The molecule has 1 rings (SSSR count). The Kier molecular flexibility index (Phi) is 22.2. The van der Waals surface area contributed by atoms with Crippen molar-refractivity contribution in [3.8, 4) is 0 Å². The van der Waals surface area contributed by atoms with Gasteiger partial charge in [-0.15, -0.1) is 0 Å². The Balaban J connectivity index is 3.67. The van der Waals surface area contributed by atoms with Gasteiger partial charge in [0.05, 0.1) is 25.0 Å². The van der Waals surface area contributed by atoms with Gasteiger partial charge in [-0.2, -0.15) is 0 Å². The molecule has 12 unspecified atom stereocenters. The number of amides is 9. The number of carbonyl (C=O) groups excluding carboxylic acids is 11. The van der Waals surface area contributed by atoms with E-state index in [-0.39, 0.29) is 0 Å². The van der Waals surface area contributed by atoms with Crippen LogP contribution in [0.1, 0.15) is 101 Å². The number of aliphatic hydroxyl groups is 2. The lowest BCUT2D eigenvalue weighted by Gasteiger charge is -2.38. The third-order valence-electron chi connectivity index (χ3n) is 11.7. The third kappa shape index (κ3) is 15.3. The highest BCUT2D eigenvalue weighted by Gasteiger charge is 2.42. The average molecular weight is 910 g/mol. The zero-order valence-corrected chi connectivity index (χ0v) is 39.6. The van der Waals surface area contributed by atoms with Crippen LogP contribution in [0, 0.1) is 5.92 Å². The molecular formula is C42H71N9O13. The molecular weight excluding hydrogens is 839 g/mol. The first-order chi connectivity index (χ1) is 29.5. The van der Waals surface area contributed by atoms with E-state index in [1.165, 1.54) is 76.7 Å². The summed E-state index contributed by atoms with van der Waals surface area (Å²) in [6.07, 6.45) is -3.11. The number of Topliss-reactive ketones (excluding diaryl/α,β-unsaturated/α-hetero) is 2. The van der Waals surface area contributed by atoms with Crippen molar-refractivity contribution in [3.63, 3.8) is 0 Å². The zero-order valence-electron chi connectivity index (χ0n) is 39.6. The van der Waals surface area contributed by atoms with Gasteiger partial charge in [0.1, 0.15) is 60.2 Å². The number of carbonyl (C=O) groups is 11. The number of rotatable bonds is 6. The molecule has 1 aliphatic rings. The Bertz CT molecular complexity index is 1760. The molecule has 9 amide bonds. The van der Waals surface area contributed by atoms with E-state index in [1.54, 1.807) is 6.92 Å². The highest BCUT2D eigenvalue weighted by Crippen LogP contribution is 2.21. The highest BCUT2D eigenvalue weighted by molar-refractivity contribution is 6.09. The molecule has 0 aliphatic carbocycles. The number of likely N-dealkylation sites (N-methyl/N-ethyl adjacent to an activating group) is 4. The van der Waals surface area contributed by atoms with E-state index in [0.29, 0.717) is 12.8 Å². The summed E-state index contributed by atoms with van der Waals surface area (Å²) >= 11 is 0. The summed E-state index contributed by atoms with van der Waals surface area (Å²) in [6, 6.07) is -12.0. The molecule has 0 radical (unpaired) electrons. The van der Waals surface area contributed by atoms with Crippen LogP contribution in [0.25, 0.3) is 0 Å². The van der Waals surface area contributed by atoms with Crippen molar-refractivity contribution in [2.24, 2.45) is 5.92 Å². The van der Waals surface area contributed by atoms with Gasteiger partial charge in [0.2, 0.25) is 53.2 Å². The number of nitrogens with one attached hydrogen (secondary N) is 5. The number of hydrogen-bond donors (Lipinski definition) is 7. The first-order valence-electron chi connectivity index (χ1n) is 21.5. The van der Waals surface area contributed by atoms with Crippen LogP contribution in [0.5, 0.6) is 0 Å². The van der Waals surface area contributed by atoms with Gasteiger partial charge in [-0.1, -0.05) is 26.7 Å². The Morgan fingerprint density at radius 3 is 1.41 bits per heavy atom. The fourth-order valence-electron chi connectivity index (χ4n) is 6.81. The van der Waals surface area contributed by atoms with Crippen LogP contribution >= 0.6 is 0 Å². The van der Waals surface area contributed by atoms with E-state index >= 15 is 0 Å². The molecule has 22 heteroatoms. The van der Waals surface area contributed by atoms with Gasteiger partial charge >= 0.3 is 0 Å². The first-order valence-corrected chi connectivity index (χ1v) is 21.5. The monoisotopic (exact) mass is 910 g/mol. The van der Waals surface area contributed by atoms with Crippen molar-refractivity contribution in [1.29, 1.82) is 0 Å². The summed E-state index contributed by atoms with van der Waals surface area (Å²) in [5.41, 5.74) is 0. The number of hydrogen-bond acceptors (Lipinski definition) is 13. The fraction of sp³-hybridized carbons (Fsp3) is 0.738. The molecule has 0 aromatic rings. The lowest BCUT2D eigenvalue weighted by atomic mass is 9.91. The van der Waals surface area contributed by atoms with Crippen molar-refractivity contribution in [2.45, 2.75) is 168 Å². The number of nitrogens with zero attached hydrogens (tertiary/aromatic N) is 4. The Labute approximate surface area is 375 Å². The molecule has 1 heterocycles. The molecule has 64 heavy (non-hydrogen) atoms. The van der Waals surface area contributed by atoms with Crippen LogP contribution in [-0.2, 0) is 52.7 Å². The topological polar surface area (TPSA) is 301 Å². The van der Waals surface area contributed by atoms with Crippen LogP contribution < -0.4 is 26.6 Å². The molecule has 0 bridgehead atoms. The predicted octanol–water partition coefficient (Wildman–Crippen LogP) is -2.64. The minimum Gasteiger partial charge on any atom is -0.391 e. The van der Waals surface area contributed by atoms with Crippen LogP contribution in [0.3, 0.4) is 0 Å². The molecule has 7 N–H and O–H groups in total. The Hall–Kier alpha value is -5.51. The molecule has 0 saturated carbocycles. The Morgan fingerprint density at radius 1 is 0.531 bits per heavy atom. The van der Waals surface area contributed by atoms with Crippen LogP contribution in [0.2, 0.25) is 0 Å². The predicted molar refractivity (Wildman–Crippen MR) is 231 cm³/mol. The van der Waals surface area contributed by atoms with Crippen molar-refractivity contribution < 1.29 is 63.0 Å². The second-order valence-electron chi connectivity index (χ2n) is 16.9. The summed E-state index contributed by atoms with van der Waals surface area (Å²) in [5.74, 6) is -9.87. The molecule has 1 aliphatic heterocycles. The minimum absolute atomic E-state index is 0.435. The van der Waals surface area contributed by atoms with Crippen molar-refractivity contribution in [3.05, 3.63) is 0 Å². The summed E-state index contributed by atoms with van der Waals surface area (Å²) in [7, 11) is 5.07. The summed E-state index contributed by atoms with van der Waals surface area (Å²) in [5, 5.41) is 34.3. The number of aliphatic hydroxyl groups excluding tert-OH is 2. The standard InChI is InChI=1S/C42H71N9O13/c1-15-16-17-20(2)34(56)33-38(60)47-32(28(10)52)30(54)18-29(53)19-31(55)43-22(4)39(61)48(11)25(7)36(58)44-21(3)35(57)45-23(5)40(62)49(12)26(8)37(59)46-24(6)41(63)50(13)27(9)42(64)51(33)14/h20-28,32-34,52,56H,15-19H2,1-14H3,(H,43,55)(H,44,58)(H,45,57)(H,46,59)(H,47,60). The maximum atomic E-state index is 14.0. The smallest absolute Gasteiger partial charge is 0.246 e. The molecule has 1 fully saturated rings. The third-order valence-corrected chi connectivity index (χ3v) is 11.7. The quantitative estimate of drug-likeness (QED) is 0.134. The molecule has 0 aromatic heterocycles. The van der Waals surface area contributed by atoms with Gasteiger partial charge in [-0.3, -0.25) is 52.7 Å². The van der Waals surface area contributed by atoms with Crippen molar-refractivity contribution >= 4 is 64.7 Å². The van der Waals surface area contributed by atoms with Crippen LogP contribution in [0.4, 0.5) is 0 Å². The molecule has 22 nitrogen and oxygen atoms in total. The summed E-state index contributed by atoms with van der Waals surface area (Å²) in [4.78, 5) is 151. The minimum atomic E-state index is -1.74. The lowest BCUT2D eigenvalue weighted by molar-refractivity contribution is -0.152.